The lowest BCUT2D eigenvalue weighted by atomic mass is 9.95. The Morgan fingerprint density at radius 1 is 0.909 bits per heavy atom. The minimum atomic E-state index is 0. The number of benzene rings is 2. The zero-order valence-corrected chi connectivity index (χ0v) is 12.6. The van der Waals surface area contributed by atoms with Gasteiger partial charge in [-0.1, -0.05) is 18.2 Å². The normalized spacial score (nSPS) is 14.2. The van der Waals surface area contributed by atoms with Gasteiger partial charge >= 0.3 is 0 Å². The van der Waals surface area contributed by atoms with E-state index in [9.17, 15) is 0 Å². The predicted molar refractivity (Wildman–Crippen MR) is 79.4 cm³/mol. The molecule has 3 heterocycles. The van der Waals surface area contributed by atoms with Crippen molar-refractivity contribution in [3.05, 3.63) is 54.2 Å². The van der Waals surface area contributed by atoms with Gasteiger partial charge in [0, 0.05) is 17.9 Å². The number of fused-ring (bicyclic) bond motifs is 5. The maximum atomic E-state index is 5.54. The fourth-order valence-corrected chi connectivity index (χ4v) is 3.32. The second kappa shape index (κ2) is 4.89. The number of hydrogen-bond acceptors (Lipinski definition) is 2. The van der Waals surface area contributed by atoms with Crippen LogP contribution in [0.5, 0.6) is 11.5 Å². The van der Waals surface area contributed by atoms with Crippen molar-refractivity contribution >= 4 is 10.8 Å². The topological polar surface area (TPSA) is 22.3 Å². The molecule has 0 spiro atoms. The predicted octanol–water partition coefficient (Wildman–Crippen LogP) is 0.0831. The maximum Gasteiger partial charge on any atom is 0.231 e. The lowest BCUT2D eigenvalue weighted by molar-refractivity contribution is -0.686. The Balaban J connectivity index is 0.00000125. The average molecular weight is 312 g/mol. The van der Waals surface area contributed by atoms with Crippen LogP contribution in [0, 0.1) is 0 Å². The molecule has 0 bridgehead atoms. The van der Waals surface area contributed by atoms with E-state index in [0.717, 1.165) is 24.5 Å². The first kappa shape index (κ1) is 13.4. The van der Waals surface area contributed by atoms with Crippen molar-refractivity contribution in [2.45, 2.75) is 13.0 Å². The summed E-state index contributed by atoms with van der Waals surface area (Å²) >= 11 is 0. The lowest BCUT2D eigenvalue weighted by Gasteiger charge is -2.16. The second-order valence-electron chi connectivity index (χ2n) is 5.59. The summed E-state index contributed by atoms with van der Waals surface area (Å²) in [6, 6.07) is 15.0. The Kier molecular flexibility index (Phi) is 2.98. The van der Waals surface area contributed by atoms with Crippen molar-refractivity contribution < 1.29 is 26.4 Å². The molecule has 0 atom stereocenters. The molecule has 2 aliphatic rings. The zero-order valence-electron chi connectivity index (χ0n) is 11.9. The SMILES string of the molecule is [Cl-].c1ccc2c[n+]3c(cc2c1)-c1cc2c(cc1CC3)OCO2. The van der Waals surface area contributed by atoms with Crippen LogP contribution in [0.1, 0.15) is 5.56 Å². The summed E-state index contributed by atoms with van der Waals surface area (Å²) < 4.78 is 13.4. The highest BCUT2D eigenvalue weighted by Crippen LogP contribution is 2.39. The maximum absolute atomic E-state index is 5.54. The first-order valence-electron chi connectivity index (χ1n) is 7.24. The highest BCUT2D eigenvalue weighted by Gasteiger charge is 2.27. The van der Waals surface area contributed by atoms with Crippen molar-refractivity contribution in [1.29, 1.82) is 0 Å². The van der Waals surface area contributed by atoms with Crippen molar-refractivity contribution in [2.24, 2.45) is 0 Å². The third-order valence-electron chi connectivity index (χ3n) is 4.39. The summed E-state index contributed by atoms with van der Waals surface area (Å²) in [5.74, 6) is 1.73. The summed E-state index contributed by atoms with van der Waals surface area (Å²) in [6.07, 6.45) is 3.28. The van der Waals surface area contributed by atoms with E-state index in [1.54, 1.807) is 0 Å². The summed E-state index contributed by atoms with van der Waals surface area (Å²) in [7, 11) is 0. The molecule has 0 amide bonds. The molecule has 3 aromatic rings. The molecule has 4 heteroatoms. The molecule has 2 aliphatic heterocycles. The van der Waals surface area contributed by atoms with Crippen LogP contribution >= 0.6 is 0 Å². The van der Waals surface area contributed by atoms with Crippen LogP contribution in [0.25, 0.3) is 22.0 Å². The number of aryl methyl sites for hydroxylation is 2. The van der Waals surface area contributed by atoms with Gasteiger partial charge in [0.05, 0.1) is 5.56 Å². The molecular weight excluding hydrogens is 298 g/mol. The van der Waals surface area contributed by atoms with Gasteiger partial charge in [-0.05, 0) is 29.1 Å². The van der Waals surface area contributed by atoms with Crippen molar-refractivity contribution in [3.63, 3.8) is 0 Å². The van der Waals surface area contributed by atoms with Crippen molar-refractivity contribution in [1.82, 2.24) is 0 Å². The van der Waals surface area contributed by atoms with Crippen LogP contribution in [-0.4, -0.2) is 6.79 Å². The summed E-state index contributed by atoms with van der Waals surface area (Å²) in [4.78, 5) is 0. The Morgan fingerprint density at radius 2 is 1.68 bits per heavy atom. The lowest BCUT2D eigenvalue weighted by Crippen LogP contribution is -3.00. The monoisotopic (exact) mass is 311 g/mol. The van der Waals surface area contributed by atoms with Gasteiger partial charge in [-0.2, -0.15) is 4.57 Å². The van der Waals surface area contributed by atoms with E-state index in [1.807, 2.05) is 0 Å². The van der Waals surface area contributed by atoms with Gasteiger partial charge in [-0.3, -0.25) is 0 Å². The molecule has 0 saturated heterocycles. The van der Waals surface area contributed by atoms with E-state index in [0.29, 0.717) is 6.79 Å². The zero-order chi connectivity index (χ0) is 13.8. The van der Waals surface area contributed by atoms with Crippen LogP contribution in [0.3, 0.4) is 0 Å². The number of aromatic nitrogens is 1. The van der Waals surface area contributed by atoms with Gasteiger partial charge in [0.25, 0.3) is 0 Å². The molecule has 3 nitrogen and oxygen atoms in total. The van der Waals surface area contributed by atoms with E-state index in [4.69, 9.17) is 9.47 Å². The van der Waals surface area contributed by atoms with Crippen LogP contribution in [0.15, 0.2) is 48.7 Å². The Hall–Kier alpha value is -2.26. The standard InChI is InChI=1S/C18H14NO2.ClH/c1-2-4-14-10-19-6-5-13-8-17-18(21-11-20-17)9-15(13)16(19)7-12(14)3-1;/h1-4,7-10H,5-6,11H2;1H/q+1;/p-1. The van der Waals surface area contributed by atoms with E-state index < -0.39 is 0 Å². The Bertz CT molecular complexity index is 892. The van der Waals surface area contributed by atoms with Crippen molar-refractivity contribution in [2.75, 3.05) is 6.79 Å². The fraction of sp³-hybridized carbons (Fsp3) is 0.167. The molecule has 110 valence electrons. The molecule has 2 aromatic carbocycles. The number of nitrogens with zero attached hydrogens (tertiary/aromatic N) is 1. The van der Waals surface area contributed by atoms with E-state index in [2.05, 4.69) is 53.2 Å². The second-order valence-corrected chi connectivity index (χ2v) is 5.59. The molecule has 0 N–H and O–H groups in total. The molecule has 22 heavy (non-hydrogen) atoms. The van der Waals surface area contributed by atoms with E-state index in [-0.39, 0.29) is 12.4 Å². The first-order chi connectivity index (χ1) is 10.4. The first-order valence-corrected chi connectivity index (χ1v) is 7.24. The van der Waals surface area contributed by atoms with Crippen LogP contribution in [0.2, 0.25) is 0 Å². The van der Waals surface area contributed by atoms with Crippen LogP contribution in [0.4, 0.5) is 0 Å². The molecule has 0 fully saturated rings. The third kappa shape index (κ3) is 1.86. The summed E-state index contributed by atoms with van der Waals surface area (Å²) in [5, 5.41) is 2.56. The van der Waals surface area contributed by atoms with Gasteiger partial charge in [-0.15, -0.1) is 0 Å². The van der Waals surface area contributed by atoms with Crippen LogP contribution in [-0.2, 0) is 13.0 Å². The van der Waals surface area contributed by atoms with E-state index >= 15 is 0 Å². The summed E-state index contributed by atoms with van der Waals surface area (Å²) in [5.41, 5.74) is 3.86. The molecule has 0 aliphatic carbocycles. The largest absolute Gasteiger partial charge is 1.00 e. The quantitative estimate of drug-likeness (QED) is 0.549. The number of hydrogen-bond donors (Lipinski definition) is 0. The van der Waals surface area contributed by atoms with Crippen molar-refractivity contribution in [3.8, 4) is 22.8 Å². The van der Waals surface area contributed by atoms with Gasteiger partial charge < -0.3 is 21.9 Å². The fourth-order valence-electron chi connectivity index (χ4n) is 3.32. The number of rotatable bonds is 0. The molecule has 1 aromatic heterocycles. The number of ether oxygens (including phenoxy) is 2. The molecule has 5 rings (SSSR count). The Labute approximate surface area is 134 Å². The van der Waals surface area contributed by atoms with Gasteiger partial charge in [0.15, 0.2) is 24.2 Å². The molecule has 0 saturated carbocycles. The average Bonchev–Trinajstić information content (AvgIpc) is 2.98. The Morgan fingerprint density at radius 3 is 2.55 bits per heavy atom. The molecule has 0 unspecified atom stereocenters. The van der Waals surface area contributed by atoms with Gasteiger partial charge in [0.1, 0.15) is 0 Å². The minimum Gasteiger partial charge on any atom is -1.00 e. The van der Waals surface area contributed by atoms with E-state index in [1.165, 1.54) is 27.6 Å². The highest BCUT2D eigenvalue weighted by atomic mass is 35.5. The molecular formula is C18H14ClNO2. The summed E-state index contributed by atoms with van der Waals surface area (Å²) in [6.45, 7) is 1.34. The van der Waals surface area contributed by atoms with Crippen LogP contribution < -0.4 is 26.4 Å². The van der Waals surface area contributed by atoms with Gasteiger partial charge in [0.2, 0.25) is 12.5 Å². The number of pyridine rings is 1. The smallest absolute Gasteiger partial charge is 0.231 e. The van der Waals surface area contributed by atoms with Gasteiger partial charge in [-0.25, -0.2) is 0 Å². The third-order valence-corrected chi connectivity index (χ3v) is 4.39. The minimum absolute atomic E-state index is 0. The highest BCUT2D eigenvalue weighted by molar-refractivity contribution is 5.84. The number of halogens is 1. The molecule has 0 radical (unpaired) electrons.